The van der Waals surface area contributed by atoms with Crippen LogP contribution < -0.4 is 9.47 Å². The van der Waals surface area contributed by atoms with Crippen LogP contribution in [0, 0.1) is 0 Å². The second kappa shape index (κ2) is 9.60. The summed E-state index contributed by atoms with van der Waals surface area (Å²) in [6.45, 7) is 0. The minimum absolute atomic E-state index is 0.693. The monoisotopic (exact) mass is 436 g/mol. The fourth-order valence-electron chi connectivity index (χ4n) is 2.75. The second-order valence-electron chi connectivity index (χ2n) is 6.25. The topological polar surface area (TPSA) is 72.9 Å². The van der Waals surface area contributed by atoms with Crippen LogP contribution in [0.1, 0.15) is 17.1 Å². The molecule has 0 aliphatic heterocycles. The molecule has 0 amide bonds. The highest BCUT2D eigenvalue weighted by molar-refractivity contribution is 7.98. The molecule has 0 atom stereocenters. The molecule has 0 saturated heterocycles. The smallest absolute Gasteiger partial charge is 0.209 e. The number of aromatic amines is 1. The van der Waals surface area contributed by atoms with Gasteiger partial charge in [0.1, 0.15) is 10.8 Å². The van der Waals surface area contributed by atoms with Crippen molar-refractivity contribution in [1.29, 1.82) is 0 Å². The largest absolute Gasteiger partial charge is 0.493 e. The SMILES string of the molecule is COc1ccc(-c2nc(CSc3n[nH]c(/C=C/c4ccccc4)n3)cs2)cc1OC. The minimum atomic E-state index is 0.693. The van der Waals surface area contributed by atoms with E-state index in [9.17, 15) is 0 Å². The Morgan fingerprint density at radius 3 is 2.63 bits per heavy atom. The standard InChI is InChI=1S/C22H20N4O2S2/c1-27-18-10-9-16(12-19(18)28-2)21-23-17(13-29-21)14-30-22-24-20(25-26-22)11-8-15-6-4-3-5-7-15/h3-13H,14H2,1-2H3,(H,24,25,26)/b11-8+. The Morgan fingerprint density at radius 2 is 1.83 bits per heavy atom. The van der Waals surface area contributed by atoms with E-state index in [1.54, 1.807) is 37.3 Å². The van der Waals surface area contributed by atoms with Gasteiger partial charge in [-0.05, 0) is 29.8 Å². The van der Waals surface area contributed by atoms with E-state index in [1.807, 2.05) is 60.7 Å². The molecular formula is C22H20N4O2S2. The van der Waals surface area contributed by atoms with Crippen molar-refractivity contribution in [2.75, 3.05) is 14.2 Å². The van der Waals surface area contributed by atoms with Crippen LogP contribution in [0.4, 0.5) is 0 Å². The van der Waals surface area contributed by atoms with Crippen molar-refractivity contribution < 1.29 is 9.47 Å². The number of thioether (sulfide) groups is 1. The van der Waals surface area contributed by atoms with E-state index >= 15 is 0 Å². The van der Waals surface area contributed by atoms with Crippen LogP contribution in [0.2, 0.25) is 0 Å². The summed E-state index contributed by atoms with van der Waals surface area (Å²) in [7, 11) is 3.26. The summed E-state index contributed by atoms with van der Waals surface area (Å²) in [5.74, 6) is 2.82. The highest BCUT2D eigenvalue weighted by Gasteiger charge is 2.11. The van der Waals surface area contributed by atoms with Crippen molar-refractivity contribution in [2.24, 2.45) is 0 Å². The molecule has 0 radical (unpaired) electrons. The maximum Gasteiger partial charge on any atom is 0.209 e. The van der Waals surface area contributed by atoms with Gasteiger partial charge in [-0.2, -0.15) is 0 Å². The van der Waals surface area contributed by atoms with Gasteiger partial charge < -0.3 is 9.47 Å². The summed E-state index contributed by atoms with van der Waals surface area (Å²) in [4.78, 5) is 9.23. The average molecular weight is 437 g/mol. The molecule has 8 heteroatoms. The number of nitrogens with zero attached hydrogens (tertiary/aromatic N) is 3. The molecule has 1 N–H and O–H groups in total. The van der Waals surface area contributed by atoms with E-state index < -0.39 is 0 Å². The number of nitrogens with one attached hydrogen (secondary N) is 1. The first kappa shape index (κ1) is 20.2. The van der Waals surface area contributed by atoms with Crippen molar-refractivity contribution in [3.63, 3.8) is 0 Å². The molecule has 6 nitrogen and oxygen atoms in total. The highest BCUT2D eigenvalue weighted by Crippen LogP contribution is 2.34. The number of hydrogen-bond acceptors (Lipinski definition) is 7. The third-order valence-corrected chi connectivity index (χ3v) is 6.07. The van der Waals surface area contributed by atoms with E-state index in [4.69, 9.17) is 14.5 Å². The van der Waals surface area contributed by atoms with Gasteiger partial charge in [0.25, 0.3) is 0 Å². The first-order valence-corrected chi connectivity index (χ1v) is 11.1. The lowest BCUT2D eigenvalue weighted by Gasteiger charge is -2.08. The number of thiazole rings is 1. The summed E-state index contributed by atoms with van der Waals surface area (Å²) in [6.07, 6.45) is 3.93. The molecule has 0 unspecified atom stereocenters. The van der Waals surface area contributed by atoms with Crippen molar-refractivity contribution >= 4 is 35.3 Å². The summed E-state index contributed by atoms with van der Waals surface area (Å²) < 4.78 is 10.7. The zero-order valence-corrected chi connectivity index (χ0v) is 18.2. The normalized spacial score (nSPS) is 11.1. The molecule has 4 aromatic rings. The average Bonchev–Trinajstić information content (AvgIpc) is 3.46. The Labute approximate surface area is 183 Å². The fraction of sp³-hybridized carbons (Fsp3) is 0.136. The van der Waals surface area contributed by atoms with Crippen LogP contribution in [-0.2, 0) is 5.75 Å². The molecule has 4 rings (SSSR count). The van der Waals surface area contributed by atoms with Gasteiger partial charge in [-0.3, -0.25) is 5.10 Å². The molecule has 30 heavy (non-hydrogen) atoms. The van der Waals surface area contributed by atoms with Gasteiger partial charge in [-0.1, -0.05) is 48.2 Å². The van der Waals surface area contributed by atoms with Gasteiger partial charge in [0.2, 0.25) is 5.16 Å². The minimum Gasteiger partial charge on any atom is -0.493 e. The molecule has 2 aromatic carbocycles. The lowest BCUT2D eigenvalue weighted by atomic mass is 10.2. The molecule has 2 heterocycles. The Balaban J connectivity index is 1.38. The van der Waals surface area contributed by atoms with Gasteiger partial charge in [0, 0.05) is 16.7 Å². The molecule has 0 fully saturated rings. The Bertz CT molecular complexity index is 1140. The predicted molar refractivity (Wildman–Crippen MR) is 122 cm³/mol. The Hall–Kier alpha value is -3.10. The third-order valence-electron chi connectivity index (χ3n) is 4.25. The first-order chi connectivity index (χ1) is 14.7. The van der Waals surface area contributed by atoms with E-state index in [0.717, 1.165) is 27.7 Å². The van der Waals surface area contributed by atoms with Crippen molar-refractivity contribution in [3.05, 3.63) is 71.0 Å². The van der Waals surface area contributed by atoms with Gasteiger partial charge in [0.05, 0.1) is 19.9 Å². The van der Waals surface area contributed by atoms with Crippen LogP contribution in [0.25, 0.3) is 22.7 Å². The van der Waals surface area contributed by atoms with Gasteiger partial charge in [0.15, 0.2) is 11.5 Å². The lowest BCUT2D eigenvalue weighted by molar-refractivity contribution is 0.355. The molecule has 2 aromatic heterocycles. The maximum atomic E-state index is 5.38. The summed E-state index contributed by atoms with van der Waals surface area (Å²) in [5.41, 5.74) is 3.11. The van der Waals surface area contributed by atoms with Gasteiger partial charge >= 0.3 is 0 Å². The Morgan fingerprint density at radius 1 is 1.00 bits per heavy atom. The molecule has 152 valence electrons. The van der Waals surface area contributed by atoms with Crippen LogP contribution in [0.5, 0.6) is 11.5 Å². The van der Waals surface area contributed by atoms with Crippen molar-refractivity contribution in [2.45, 2.75) is 10.9 Å². The number of aromatic nitrogens is 4. The van der Waals surface area contributed by atoms with Gasteiger partial charge in [-0.25, -0.2) is 9.97 Å². The van der Waals surface area contributed by atoms with E-state index in [2.05, 4.69) is 20.6 Å². The molecular weight excluding hydrogens is 416 g/mol. The van der Waals surface area contributed by atoms with Gasteiger partial charge in [-0.15, -0.1) is 16.4 Å². The molecule has 0 bridgehead atoms. The fourth-order valence-corrected chi connectivity index (χ4v) is 4.37. The Kier molecular flexibility index (Phi) is 6.46. The maximum absolute atomic E-state index is 5.38. The summed E-state index contributed by atoms with van der Waals surface area (Å²) >= 11 is 3.15. The zero-order chi connectivity index (χ0) is 20.8. The zero-order valence-electron chi connectivity index (χ0n) is 16.5. The number of methoxy groups -OCH3 is 2. The molecule has 0 saturated carbocycles. The molecule has 0 aliphatic carbocycles. The molecule has 0 aliphatic rings. The van der Waals surface area contributed by atoms with Crippen LogP contribution in [0.15, 0.2) is 59.1 Å². The highest BCUT2D eigenvalue weighted by atomic mass is 32.2. The number of rotatable bonds is 8. The lowest BCUT2D eigenvalue weighted by Crippen LogP contribution is -1.91. The first-order valence-electron chi connectivity index (χ1n) is 9.20. The number of hydrogen-bond donors (Lipinski definition) is 1. The number of ether oxygens (including phenoxy) is 2. The number of benzene rings is 2. The summed E-state index contributed by atoms with van der Waals surface area (Å²) in [5, 5.41) is 10.9. The summed E-state index contributed by atoms with van der Waals surface area (Å²) in [6, 6.07) is 15.9. The molecule has 0 spiro atoms. The van der Waals surface area contributed by atoms with Crippen molar-refractivity contribution in [1.82, 2.24) is 20.2 Å². The second-order valence-corrected chi connectivity index (χ2v) is 8.05. The van der Waals surface area contributed by atoms with E-state index in [1.165, 1.54) is 0 Å². The third kappa shape index (κ3) is 4.90. The van der Waals surface area contributed by atoms with E-state index in [0.29, 0.717) is 22.4 Å². The van der Waals surface area contributed by atoms with Crippen LogP contribution in [-0.4, -0.2) is 34.4 Å². The quantitative estimate of drug-likeness (QED) is 0.373. The number of H-pyrrole nitrogens is 1. The van der Waals surface area contributed by atoms with Crippen LogP contribution in [0.3, 0.4) is 0 Å². The predicted octanol–water partition coefficient (Wildman–Crippen LogP) is 5.41. The van der Waals surface area contributed by atoms with Crippen molar-refractivity contribution in [3.8, 4) is 22.1 Å². The van der Waals surface area contributed by atoms with E-state index in [-0.39, 0.29) is 0 Å². The van der Waals surface area contributed by atoms with Crippen LogP contribution >= 0.6 is 23.1 Å².